The molecule has 0 aromatic carbocycles. The summed E-state index contributed by atoms with van der Waals surface area (Å²) in [6, 6.07) is 1.30. The molecule has 2 saturated heterocycles. The van der Waals surface area contributed by atoms with E-state index in [9.17, 15) is 0 Å². The summed E-state index contributed by atoms with van der Waals surface area (Å²) in [5.74, 6) is 6.46. The Kier molecular flexibility index (Phi) is 4.79. The molecule has 1 saturated carbocycles. The highest BCUT2D eigenvalue weighted by atomic mass is 32.2. The van der Waals surface area contributed by atoms with Gasteiger partial charge in [-0.1, -0.05) is 0 Å². The summed E-state index contributed by atoms with van der Waals surface area (Å²) in [7, 11) is 1.80. The third kappa shape index (κ3) is 2.70. The standard InChI is InChI=1S/C13H23NO2S2/c1-15-6-11-12(10-2-3-16-13(10)11)14-9-7-17-4-5-18-8-9/h9-14H,2-8H2,1H3/t10-,11+,12+,13-/m0/s1. The van der Waals surface area contributed by atoms with Crippen molar-refractivity contribution in [2.45, 2.75) is 24.6 Å². The lowest BCUT2D eigenvalue weighted by Crippen LogP contribution is -2.64. The van der Waals surface area contributed by atoms with Crippen LogP contribution in [0.15, 0.2) is 0 Å². The van der Waals surface area contributed by atoms with E-state index in [0.717, 1.165) is 19.1 Å². The Balaban J connectivity index is 1.56. The van der Waals surface area contributed by atoms with Crippen molar-refractivity contribution in [1.82, 2.24) is 5.32 Å². The van der Waals surface area contributed by atoms with Crippen molar-refractivity contribution in [2.75, 3.05) is 43.3 Å². The smallest absolute Gasteiger partial charge is 0.0684 e. The topological polar surface area (TPSA) is 30.5 Å². The number of nitrogens with one attached hydrogen (secondary N) is 1. The van der Waals surface area contributed by atoms with Crippen molar-refractivity contribution in [1.29, 1.82) is 0 Å². The molecule has 0 aromatic rings. The molecule has 3 fully saturated rings. The molecule has 104 valence electrons. The zero-order chi connectivity index (χ0) is 12.4. The molecule has 1 aliphatic carbocycles. The van der Waals surface area contributed by atoms with Gasteiger partial charge in [0.25, 0.3) is 0 Å². The maximum Gasteiger partial charge on any atom is 0.0684 e. The lowest BCUT2D eigenvalue weighted by Gasteiger charge is -2.49. The minimum Gasteiger partial charge on any atom is -0.384 e. The molecule has 0 radical (unpaired) electrons. The summed E-state index contributed by atoms with van der Waals surface area (Å²) in [5, 5.41) is 3.90. The molecular weight excluding hydrogens is 266 g/mol. The largest absolute Gasteiger partial charge is 0.384 e. The van der Waals surface area contributed by atoms with Gasteiger partial charge in [0.2, 0.25) is 0 Å². The highest BCUT2D eigenvalue weighted by molar-refractivity contribution is 8.03. The molecule has 0 unspecified atom stereocenters. The average molecular weight is 289 g/mol. The third-order valence-corrected chi connectivity index (χ3v) is 6.85. The molecule has 2 aliphatic heterocycles. The zero-order valence-electron chi connectivity index (χ0n) is 11.0. The summed E-state index contributed by atoms with van der Waals surface area (Å²) in [5.41, 5.74) is 0. The molecule has 18 heavy (non-hydrogen) atoms. The van der Waals surface area contributed by atoms with Crippen molar-refractivity contribution in [2.24, 2.45) is 11.8 Å². The van der Waals surface area contributed by atoms with E-state index in [4.69, 9.17) is 9.47 Å². The lowest BCUT2D eigenvalue weighted by atomic mass is 9.67. The Morgan fingerprint density at radius 3 is 2.78 bits per heavy atom. The predicted octanol–water partition coefficient (Wildman–Crippen LogP) is 1.47. The number of fused-ring (bicyclic) bond motifs is 1. The lowest BCUT2D eigenvalue weighted by molar-refractivity contribution is -0.0856. The van der Waals surface area contributed by atoms with Gasteiger partial charge in [0.1, 0.15) is 0 Å². The highest BCUT2D eigenvalue weighted by Crippen LogP contribution is 2.44. The van der Waals surface area contributed by atoms with E-state index in [0.29, 0.717) is 24.1 Å². The summed E-state index contributed by atoms with van der Waals surface area (Å²) in [6.07, 6.45) is 1.70. The molecule has 0 bridgehead atoms. The first-order chi connectivity index (χ1) is 8.90. The van der Waals surface area contributed by atoms with Crippen LogP contribution < -0.4 is 5.32 Å². The summed E-state index contributed by atoms with van der Waals surface area (Å²) in [6.45, 7) is 1.79. The molecule has 3 rings (SSSR count). The first kappa shape index (κ1) is 13.6. The quantitative estimate of drug-likeness (QED) is 0.847. The Bertz CT molecular complexity index is 272. The van der Waals surface area contributed by atoms with E-state index in [1.807, 2.05) is 0 Å². The summed E-state index contributed by atoms with van der Waals surface area (Å²) in [4.78, 5) is 0. The van der Waals surface area contributed by atoms with Crippen molar-refractivity contribution < 1.29 is 9.47 Å². The monoisotopic (exact) mass is 289 g/mol. The number of hydrogen-bond donors (Lipinski definition) is 1. The molecular formula is C13H23NO2S2. The molecule has 0 aromatic heterocycles. The minimum atomic E-state index is 0.466. The van der Waals surface area contributed by atoms with Crippen LogP contribution in [-0.2, 0) is 9.47 Å². The maximum absolute atomic E-state index is 5.83. The van der Waals surface area contributed by atoms with E-state index in [1.54, 1.807) is 7.11 Å². The fraction of sp³-hybridized carbons (Fsp3) is 1.00. The average Bonchev–Trinajstić information content (AvgIpc) is 2.62. The first-order valence-electron chi connectivity index (χ1n) is 6.92. The predicted molar refractivity (Wildman–Crippen MR) is 78.6 cm³/mol. The molecule has 4 atom stereocenters. The van der Waals surface area contributed by atoms with Gasteiger partial charge in [0.05, 0.1) is 12.7 Å². The van der Waals surface area contributed by atoms with Crippen LogP contribution in [0.2, 0.25) is 0 Å². The third-order valence-electron chi connectivity index (χ3n) is 4.33. The van der Waals surface area contributed by atoms with Crippen LogP contribution in [0, 0.1) is 11.8 Å². The van der Waals surface area contributed by atoms with Crippen LogP contribution in [0.5, 0.6) is 0 Å². The van der Waals surface area contributed by atoms with Crippen LogP contribution in [0.4, 0.5) is 0 Å². The van der Waals surface area contributed by atoms with Gasteiger partial charge in [-0.25, -0.2) is 0 Å². The molecule has 3 nitrogen and oxygen atoms in total. The summed E-state index contributed by atoms with van der Waals surface area (Å²) < 4.78 is 11.2. The Morgan fingerprint density at radius 2 is 2.06 bits per heavy atom. The van der Waals surface area contributed by atoms with Crippen molar-refractivity contribution in [3.8, 4) is 0 Å². The van der Waals surface area contributed by atoms with Gasteiger partial charge in [0, 0.05) is 60.6 Å². The van der Waals surface area contributed by atoms with Gasteiger partial charge in [-0.3, -0.25) is 0 Å². The van der Waals surface area contributed by atoms with Gasteiger partial charge in [-0.2, -0.15) is 23.5 Å². The van der Waals surface area contributed by atoms with Gasteiger partial charge in [-0.05, 0) is 6.42 Å². The minimum absolute atomic E-state index is 0.466. The van der Waals surface area contributed by atoms with E-state index in [1.165, 1.54) is 29.4 Å². The second-order valence-electron chi connectivity index (χ2n) is 5.45. The van der Waals surface area contributed by atoms with Gasteiger partial charge < -0.3 is 14.8 Å². The van der Waals surface area contributed by atoms with Crippen molar-refractivity contribution >= 4 is 23.5 Å². The second kappa shape index (κ2) is 6.35. The van der Waals surface area contributed by atoms with E-state index >= 15 is 0 Å². The first-order valence-corrected chi connectivity index (χ1v) is 9.23. The Morgan fingerprint density at radius 1 is 1.28 bits per heavy atom. The molecule has 1 N–H and O–H groups in total. The molecule has 5 heteroatoms. The fourth-order valence-corrected chi connectivity index (χ4v) is 5.88. The van der Waals surface area contributed by atoms with Gasteiger partial charge >= 0.3 is 0 Å². The molecule has 0 amide bonds. The maximum atomic E-state index is 5.83. The number of ether oxygens (including phenoxy) is 2. The fourth-order valence-electron chi connectivity index (χ4n) is 3.45. The number of hydrogen-bond acceptors (Lipinski definition) is 5. The second-order valence-corrected chi connectivity index (χ2v) is 7.75. The van der Waals surface area contributed by atoms with Crippen LogP contribution in [0.25, 0.3) is 0 Å². The van der Waals surface area contributed by atoms with Crippen LogP contribution in [0.3, 0.4) is 0 Å². The van der Waals surface area contributed by atoms with Crippen molar-refractivity contribution in [3.63, 3.8) is 0 Å². The Labute approximate surface area is 118 Å². The molecule has 2 heterocycles. The van der Waals surface area contributed by atoms with Gasteiger partial charge in [-0.15, -0.1) is 0 Å². The summed E-state index contributed by atoms with van der Waals surface area (Å²) >= 11 is 4.19. The number of rotatable bonds is 4. The van der Waals surface area contributed by atoms with E-state index < -0.39 is 0 Å². The van der Waals surface area contributed by atoms with Crippen molar-refractivity contribution in [3.05, 3.63) is 0 Å². The number of thioether (sulfide) groups is 2. The number of methoxy groups -OCH3 is 1. The highest BCUT2D eigenvalue weighted by Gasteiger charge is 2.53. The van der Waals surface area contributed by atoms with Crippen LogP contribution in [-0.4, -0.2) is 61.5 Å². The Hall–Kier alpha value is 0.580. The van der Waals surface area contributed by atoms with E-state index in [2.05, 4.69) is 28.8 Å². The van der Waals surface area contributed by atoms with Crippen LogP contribution >= 0.6 is 23.5 Å². The van der Waals surface area contributed by atoms with Gasteiger partial charge in [0.15, 0.2) is 0 Å². The molecule has 0 spiro atoms. The SMILES string of the molecule is COC[C@@H]1[C@H](NC2CSCCSC2)[C@@H]2CCO[C@H]12. The van der Waals surface area contributed by atoms with Crippen LogP contribution in [0.1, 0.15) is 6.42 Å². The van der Waals surface area contributed by atoms with E-state index in [-0.39, 0.29) is 0 Å². The zero-order valence-corrected chi connectivity index (χ0v) is 12.6. The normalized spacial score (nSPS) is 41.2. The molecule has 3 aliphatic rings.